The molecule has 0 aromatic rings. The number of unbranched alkanes of at least 4 members (excludes halogenated alkanes) is 10. The highest BCUT2D eigenvalue weighted by molar-refractivity contribution is 5.70. The molecule has 0 aliphatic rings. The average Bonchev–Trinajstić information content (AvgIpc) is 3.12. The van der Waals surface area contributed by atoms with E-state index in [9.17, 15) is 19.5 Å². The highest BCUT2D eigenvalue weighted by atomic mass is 16.6. The van der Waals surface area contributed by atoms with Gasteiger partial charge in [-0.2, -0.15) is 0 Å². The molecule has 0 rings (SSSR count). The zero-order valence-electron chi connectivity index (χ0n) is 34.9. The van der Waals surface area contributed by atoms with Crippen molar-refractivity contribution in [3.8, 4) is 0 Å². The van der Waals surface area contributed by atoms with Gasteiger partial charge in [0.05, 0.1) is 40.3 Å². The van der Waals surface area contributed by atoms with Gasteiger partial charge in [-0.3, -0.25) is 9.59 Å². The summed E-state index contributed by atoms with van der Waals surface area (Å²) in [6.45, 7) is 4.40. The molecule has 8 nitrogen and oxygen atoms in total. The predicted molar refractivity (Wildman–Crippen MR) is 222 cm³/mol. The number of esters is 2. The van der Waals surface area contributed by atoms with Crippen LogP contribution in [0.3, 0.4) is 0 Å². The molecule has 0 spiro atoms. The second kappa shape index (κ2) is 36.7. The van der Waals surface area contributed by atoms with Crippen LogP contribution in [0, 0.1) is 0 Å². The highest BCUT2D eigenvalue weighted by Crippen LogP contribution is 2.12. The van der Waals surface area contributed by atoms with Gasteiger partial charge in [0.1, 0.15) is 12.6 Å². The minimum atomic E-state index is -1.14. The van der Waals surface area contributed by atoms with E-state index in [1.54, 1.807) is 21.1 Å². The molecule has 0 aromatic heterocycles. The Hall–Kier alpha value is -3.23. The van der Waals surface area contributed by atoms with Crippen LogP contribution in [0.25, 0.3) is 0 Å². The molecule has 0 saturated heterocycles. The van der Waals surface area contributed by atoms with E-state index in [1.165, 1.54) is 32.1 Å². The number of rotatable bonds is 36. The van der Waals surface area contributed by atoms with Crippen molar-refractivity contribution in [2.45, 2.75) is 161 Å². The Kier molecular flexibility index (Phi) is 34.5. The molecule has 0 fully saturated rings. The number of carbonyl (C=O) groups is 3. The van der Waals surface area contributed by atoms with Crippen molar-refractivity contribution >= 4 is 17.9 Å². The van der Waals surface area contributed by atoms with Gasteiger partial charge in [0, 0.05) is 19.3 Å². The fraction of sp³-hybridized carbons (Fsp3) is 0.674. The molecule has 0 amide bonds. The number of quaternary nitrogens is 1. The molecule has 308 valence electrons. The number of hydrogen-bond acceptors (Lipinski definition) is 7. The second-order valence-electron chi connectivity index (χ2n) is 14.8. The van der Waals surface area contributed by atoms with E-state index in [0.29, 0.717) is 12.8 Å². The SMILES string of the molecule is CC/C=C/C/C=C/C/C=C/C/C=C/C/C=C/CCCCCCCCCC(=O)OCC(COCCC(C(=O)[O-])[N+](C)(C)C)OC(=O)CC/C=C/CCCCC. The summed E-state index contributed by atoms with van der Waals surface area (Å²) in [5.74, 6) is -1.83. The number of likely N-dealkylation sites (N-methyl/N-ethyl adjacent to an activating group) is 1. The first kappa shape index (κ1) is 50.8. The third-order valence-electron chi connectivity index (χ3n) is 8.84. The Morgan fingerprint density at radius 1 is 0.574 bits per heavy atom. The first-order chi connectivity index (χ1) is 26.1. The molecule has 0 bridgehead atoms. The van der Waals surface area contributed by atoms with Crippen LogP contribution < -0.4 is 5.11 Å². The van der Waals surface area contributed by atoms with Crippen LogP contribution in [-0.2, 0) is 28.6 Å². The lowest BCUT2D eigenvalue weighted by Crippen LogP contribution is -2.55. The summed E-state index contributed by atoms with van der Waals surface area (Å²) in [6.07, 6.45) is 45.3. The number of aliphatic carboxylic acids is 1. The lowest BCUT2D eigenvalue weighted by Gasteiger charge is -2.34. The Bertz CT molecular complexity index is 1110. The smallest absolute Gasteiger partial charge is 0.306 e. The molecule has 0 saturated carbocycles. The summed E-state index contributed by atoms with van der Waals surface area (Å²) >= 11 is 0. The van der Waals surface area contributed by atoms with Crippen LogP contribution >= 0.6 is 0 Å². The van der Waals surface area contributed by atoms with Gasteiger partial charge < -0.3 is 28.6 Å². The van der Waals surface area contributed by atoms with Crippen molar-refractivity contribution < 1.29 is 38.2 Å². The molecule has 0 aromatic carbocycles. The van der Waals surface area contributed by atoms with Gasteiger partial charge in [0.2, 0.25) is 0 Å². The number of nitrogens with zero attached hydrogens (tertiary/aromatic N) is 1. The number of carbonyl (C=O) groups excluding carboxylic acids is 3. The van der Waals surface area contributed by atoms with Gasteiger partial charge >= 0.3 is 11.9 Å². The van der Waals surface area contributed by atoms with Crippen molar-refractivity contribution in [1.82, 2.24) is 0 Å². The van der Waals surface area contributed by atoms with Gasteiger partial charge in [-0.25, -0.2) is 0 Å². The molecule has 0 radical (unpaired) electrons. The standard InChI is InChI=1S/C46H77NO7/c1-6-8-10-12-14-15-16-17-18-19-20-21-22-23-24-25-26-27-28-29-31-32-34-36-44(48)53-41-42(40-52-39-38-43(46(50)51)47(3,4)5)54-45(49)37-35-33-30-13-11-9-7-2/h8,10,14-15,17-18,20-21,23-24,30,33,42-43H,6-7,9,11-13,16,19,22,25-29,31-32,34-41H2,1-5H3/b10-8+,15-14+,18-17+,21-20+,24-23+,33-30+. The fourth-order valence-electron chi connectivity index (χ4n) is 5.58. The monoisotopic (exact) mass is 756 g/mol. The third kappa shape index (κ3) is 34.5. The zero-order valence-corrected chi connectivity index (χ0v) is 34.9. The van der Waals surface area contributed by atoms with E-state index in [2.05, 4.69) is 80.7 Å². The summed E-state index contributed by atoms with van der Waals surface area (Å²) in [7, 11) is 5.37. The van der Waals surface area contributed by atoms with Crippen LogP contribution in [0.1, 0.15) is 149 Å². The maximum atomic E-state index is 12.5. The van der Waals surface area contributed by atoms with E-state index in [0.717, 1.165) is 77.0 Å². The van der Waals surface area contributed by atoms with Crippen molar-refractivity contribution in [3.05, 3.63) is 72.9 Å². The molecule has 2 atom stereocenters. The number of hydrogen-bond donors (Lipinski definition) is 0. The summed E-state index contributed by atoms with van der Waals surface area (Å²) in [5.41, 5.74) is 0. The molecule has 8 heteroatoms. The normalized spacial score (nSPS) is 13.7. The molecule has 0 aliphatic heterocycles. The minimum Gasteiger partial charge on any atom is -0.544 e. The van der Waals surface area contributed by atoms with Crippen molar-refractivity contribution in [3.63, 3.8) is 0 Å². The minimum absolute atomic E-state index is 0.0177. The number of allylic oxidation sites excluding steroid dienone is 12. The average molecular weight is 756 g/mol. The van der Waals surface area contributed by atoms with Gasteiger partial charge in [0.15, 0.2) is 6.10 Å². The summed E-state index contributed by atoms with van der Waals surface area (Å²) in [4.78, 5) is 36.6. The first-order valence-electron chi connectivity index (χ1n) is 21.0. The Morgan fingerprint density at radius 3 is 1.63 bits per heavy atom. The van der Waals surface area contributed by atoms with Gasteiger partial charge in [-0.15, -0.1) is 0 Å². The maximum Gasteiger partial charge on any atom is 0.306 e. The van der Waals surface area contributed by atoms with Crippen LogP contribution in [0.5, 0.6) is 0 Å². The lowest BCUT2D eigenvalue weighted by atomic mass is 10.1. The predicted octanol–water partition coefficient (Wildman–Crippen LogP) is 9.85. The van der Waals surface area contributed by atoms with Crippen LogP contribution in [0.4, 0.5) is 0 Å². The van der Waals surface area contributed by atoms with Crippen molar-refractivity contribution in [2.24, 2.45) is 0 Å². The Labute approximate surface area is 330 Å². The largest absolute Gasteiger partial charge is 0.544 e. The molecular weight excluding hydrogens is 679 g/mol. The summed E-state index contributed by atoms with van der Waals surface area (Å²) in [6, 6.07) is -0.734. The molecule has 54 heavy (non-hydrogen) atoms. The number of carboxylic acids is 1. The second-order valence-corrected chi connectivity index (χ2v) is 14.8. The Balaban J connectivity index is 4.23. The zero-order chi connectivity index (χ0) is 40.0. The van der Waals surface area contributed by atoms with Crippen molar-refractivity contribution in [1.29, 1.82) is 0 Å². The molecule has 0 N–H and O–H groups in total. The van der Waals surface area contributed by atoms with E-state index >= 15 is 0 Å². The fourth-order valence-corrected chi connectivity index (χ4v) is 5.58. The molecule has 2 unspecified atom stereocenters. The number of ether oxygens (including phenoxy) is 3. The molecule has 0 aliphatic carbocycles. The summed E-state index contributed by atoms with van der Waals surface area (Å²) < 4.78 is 17.0. The van der Waals surface area contributed by atoms with Crippen LogP contribution in [0.2, 0.25) is 0 Å². The molecule has 0 heterocycles. The van der Waals surface area contributed by atoms with Crippen molar-refractivity contribution in [2.75, 3.05) is 41.0 Å². The van der Waals surface area contributed by atoms with E-state index < -0.39 is 18.1 Å². The quantitative estimate of drug-likeness (QED) is 0.0272. The first-order valence-corrected chi connectivity index (χ1v) is 21.0. The topological polar surface area (TPSA) is 102 Å². The number of carboxylic acid groups (broad SMARTS) is 1. The van der Waals surface area contributed by atoms with Crippen LogP contribution in [-0.4, -0.2) is 75.5 Å². The van der Waals surface area contributed by atoms with E-state index in [-0.39, 0.29) is 49.1 Å². The maximum absolute atomic E-state index is 12.5. The summed E-state index contributed by atoms with van der Waals surface area (Å²) in [5, 5.41) is 11.6. The molecular formula is C46H77NO7. The van der Waals surface area contributed by atoms with Gasteiger partial charge in [-0.1, -0.05) is 132 Å². The van der Waals surface area contributed by atoms with Crippen LogP contribution in [0.15, 0.2) is 72.9 Å². The van der Waals surface area contributed by atoms with E-state index in [1.807, 2.05) is 6.08 Å². The third-order valence-corrected chi connectivity index (χ3v) is 8.84. The Morgan fingerprint density at radius 2 is 1.07 bits per heavy atom. The van der Waals surface area contributed by atoms with Gasteiger partial charge in [0.25, 0.3) is 0 Å². The highest BCUT2D eigenvalue weighted by Gasteiger charge is 2.25. The lowest BCUT2D eigenvalue weighted by molar-refractivity contribution is -0.889. The van der Waals surface area contributed by atoms with Gasteiger partial charge in [-0.05, 0) is 70.6 Å². The van der Waals surface area contributed by atoms with E-state index in [4.69, 9.17) is 14.2 Å².